The number of hydrazone groups is 1. The SMILES string of the molecule is COc1cc(C=NNC(=O)c2[nH]c3ccccc3c2-c2ccccc2Cl)ccc1OC(=O)c1ccccc1. The topological polar surface area (TPSA) is 92.8 Å². The fourth-order valence-corrected chi connectivity index (χ4v) is 4.29. The molecule has 1 amide bonds. The van der Waals surface area contributed by atoms with Gasteiger partial charge in [0.2, 0.25) is 0 Å². The van der Waals surface area contributed by atoms with Gasteiger partial charge in [-0.25, -0.2) is 10.2 Å². The first-order valence-corrected chi connectivity index (χ1v) is 12.1. The lowest BCUT2D eigenvalue weighted by molar-refractivity contribution is 0.0729. The minimum atomic E-state index is -0.495. The molecule has 0 saturated heterocycles. The van der Waals surface area contributed by atoms with Gasteiger partial charge in [-0.2, -0.15) is 5.10 Å². The summed E-state index contributed by atoms with van der Waals surface area (Å²) < 4.78 is 10.9. The molecule has 7 nitrogen and oxygen atoms in total. The van der Waals surface area contributed by atoms with Crippen molar-refractivity contribution in [2.45, 2.75) is 0 Å². The summed E-state index contributed by atoms with van der Waals surface area (Å²) in [4.78, 5) is 28.7. The highest BCUT2D eigenvalue weighted by molar-refractivity contribution is 6.34. The van der Waals surface area contributed by atoms with Crippen molar-refractivity contribution >= 4 is 40.6 Å². The molecule has 0 bridgehead atoms. The Bertz CT molecular complexity index is 1660. The number of fused-ring (bicyclic) bond motifs is 1. The van der Waals surface area contributed by atoms with Crippen LogP contribution in [-0.4, -0.2) is 30.2 Å². The second-order valence-corrected chi connectivity index (χ2v) is 8.67. The van der Waals surface area contributed by atoms with Crippen LogP contribution in [0.3, 0.4) is 0 Å². The summed E-state index contributed by atoms with van der Waals surface area (Å²) in [5.41, 5.74) is 6.22. The molecule has 188 valence electrons. The van der Waals surface area contributed by atoms with E-state index in [1.807, 2.05) is 48.5 Å². The molecule has 2 N–H and O–H groups in total. The molecule has 5 aromatic rings. The summed E-state index contributed by atoms with van der Waals surface area (Å²) in [5, 5.41) is 5.53. The number of aromatic amines is 1. The van der Waals surface area contributed by atoms with Crippen LogP contribution in [0.25, 0.3) is 22.0 Å². The average Bonchev–Trinajstić information content (AvgIpc) is 3.34. The standard InChI is InChI=1S/C30H22ClN3O4/c1-37-26-17-19(15-16-25(26)38-30(36)20-9-3-2-4-10-20)18-32-34-29(35)28-27(21-11-5-7-13-23(21)31)22-12-6-8-14-24(22)33-28/h2-18,33H,1H3,(H,34,35). The Hall–Kier alpha value is -4.88. The number of ether oxygens (including phenoxy) is 2. The lowest BCUT2D eigenvalue weighted by Gasteiger charge is -2.10. The summed E-state index contributed by atoms with van der Waals surface area (Å²) >= 11 is 6.47. The van der Waals surface area contributed by atoms with Crippen molar-refractivity contribution in [3.8, 4) is 22.6 Å². The second-order valence-electron chi connectivity index (χ2n) is 8.27. The van der Waals surface area contributed by atoms with Crippen LogP contribution in [0.5, 0.6) is 11.5 Å². The van der Waals surface area contributed by atoms with E-state index in [1.54, 1.807) is 48.5 Å². The molecule has 1 aromatic heterocycles. The summed E-state index contributed by atoms with van der Waals surface area (Å²) in [7, 11) is 1.48. The molecular weight excluding hydrogens is 502 g/mol. The lowest BCUT2D eigenvalue weighted by Crippen LogP contribution is -2.19. The number of carbonyl (C=O) groups excluding carboxylic acids is 2. The molecule has 0 spiro atoms. The van der Waals surface area contributed by atoms with Crippen LogP contribution in [0.15, 0.2) is 102 Å². The van der Waals surface area contributed by atoms with Gasteiger partial charge in [-0.15, -0.1) is 0 Å². The number of hydrogen-bond donors (Lipinski definition) is 2. The Morgan fingerprint density at radius 2 is 1.63 bits per heavy atom. The maximum Gasteiger partial charge on any atom is 0.343 e. The summed E-state index contributed by atoms with van der Waals surface area (Å²) in [6.45, 7) is 0. The molecule has 0 aliphatic heterocycles. The van der Waals surface area contributed by atoms with E-state index >= 15 is 0 Å². The highest BCUT2D eigenvalue weighted by Crippen LogP contribution is 2.36. The highest BCUT2D eigenvalue weighted by atomic mass is 35.5. The first-order valence-electron chi connectivity index (χ1n) is 11.7. The van der Waals surface area contributed by atoms with E-state index in [0.717, 1.165) is 16.5 Å². The Morgan fingerprint density at radius 3 is 2.42 bits per heavy atom. The van der Waals surface area contributed by atoms with Crippen molar-refractivity contribution in [2.24, 2.45) is 5.10 Å². The van der Waals surface area contributed by atoms with Crippen molar-refractivity contribution < 1.29 is 19.1 Å². The lowest BCUT2D eigenvalue weighted by atomic mass is 10.0. The van der Waals surface area contributed by atoms with Crippen LogP contribution >= 0.6 is 11.6 Å². The van der Waals surface area contributed by atoms with E-state index in [2.05, 4.69) is 15.5 Å². The van der Waals surface area contributed by atoms with Gasteiger partial charge < -0.3 is 14.5 Å². The molecule has 38 heavy (non-hydrogen) atoms. The van der Waals surface area contributed by atoms with E-state index in [4.69, 9.17) is 21.1 Å². The number of esters is 1. The van der Waals surface area contributed by atoms with E-state index in [1.165, 1.54) is 13.3 Å². The maximum absolute atomic E-state index is 13.2. The third kappa shape index (κ3) is 5.14. The van der Waals surface area contributed by atoms with E-state index in [-0.39, 0.29) is 5.75 Å². The number of H-pyrrole nitrogens is 1. The summed E-state index contributed by atoms with van der Waals surface area (Å²) in [6, 6.07) is 28.6. The zero-order chi connectivity index (χ0) is 26.5. The Morgan fingerprint density at radius 1 is 0.895 bits per heavy atom. The van der Waals surface area contributed by atoms with Gasteiger partial charge in [0.15, 0.2) is 11.5 Å². The third-order valence-corrected chi connectivity index (χ3v) is 6.19. The number of rotatable bonds is 7. The van der Waals surface area contributed by atoms with Gasteiger partial charge >= 0.3 is 5.97 Å². The van der Waals surface area contributed by atoms with E-state index < -0.39 is 11.9 Å². The molecule has 0 saturated carbocycles. The van der Waals surface area contributed by atoms with Crippen molar-refractivity contribution in [3.05, 3.63) is 119 Å². The number of benzene rings is 4. The smallest absolute Gasteiger partial charge is 0.343 e. The number of para-hydroxylation sites is 1. The zero-order valence-electron chi connectivity index (χ0n) is 20.3. The van der Waals surface area contributed by atoms with Gasteiger partial charge in [-0.1, -0.05) is 66.2 Å². The predicted octanol–water partition coefficient (Wildman–Crippen LogP) is 6.48. The molecule has 0 unspecified atom stereocenters. The van der Waals surface area contributed by atoms with Gasteiger partial charge in [0.05, 0.1) is 18.9 Å². The quantitative estimate of drug-likeness (QED) is 0.110. The predicted molar refractivity (Wildman–Crippen MR) is 148 cm³/mol. The molecule has 0 radical (unpaired) electrons. The number of nitrogens with zero attached hydrogens (tertiary/aromatic N) is 1. The maximum atomic E-state index is 13.2. The van der Waals surface area contributed by atoms with Crippen LogP contribution in [0.2, 0.25) is 5.02 Å². The number of aromatic nitrogens is 1. The molecule has 0 aliphatic carbocycles. The summed E-state index contributed by atoms with van der Waals surface area (Å²) in [6.07, 6.45) is 1.47. The number of hydrogen-bond acceptors (Lipinski definition) is 5. The molecule has 5 rings (SSSR count). The number of methoxy groups -OCH3 is 1. The number of amides is 1. The van der Waals surface area contributed by atoms with Crippen molar-refractivity contribution in [3.63, 3.8) is 0 Å². The third-order valence-electron chi connectivity index (χ3n) is 5.86. The van der Waals surface area contributed by atoms with Crippen LogP contribution in [-0.2, 0) is 0 Å². The number of nitrogens with one attached hydrogen (secondary N) is 2. The van der Waals surface area contributed by atoms with E-state index in [9.17, 15) is 9.59 Å². The second kappa shape index (κ2) is 11.0. The first kappa shape index (κ1) is 24.8. The van der Waals surface area contributed by atoms with Crippen LogP contribution in [0.4, 0.5) is 0 Å². The minimum Gasteiger partial charge on any atom is -0.493 e. The van der Waals surface area contributed by atoms with Crippen LogP contribution in [0, 0.1) is 0 Å². The van der Waals surface area contributed by atoms with Crippen LogP contribution < -0.4 is 14.9 Å². The van der Waals surface area contributed by atoms with Gasteiger partial charge in [0.25, 0.3) is 5.91 Å². The normalized spacial score (nSPS) is 11.0. The largest absolute Gasteiger partial charge is 0.493 e. The molecule has 0 atom stereocenters. The minimum absolute atomic E-state index is 0.269. The van der Waals surface area contributed by atoms with Gasteiger partial charge in [0.1, 0.15) is 5.69 Å². The summed E-state index contributed by atoms with van der Waals surface area (Å²) in [5.74, 6) is -0.302. The fourth-order valence-electron chi connectivity index (χ4n) is 4.06. The first-order chi connectivity index (χ1) is 18.5. The molecule has 8 heteroatoms. The van der Waals surface area contributed by atoms with Crippen molar-refractivity contribution in [1.82, 2.24) is 10.4 Å². The highest BCUT2D eigenvalue weighted by Gasteiger charge is 2.20. The van der Waals surface area contributed by atoms with Crippen LogP contribution in [0.1, 0.15) is 26.4 Å². The molecule has 0 aliphatic rings. The van der Waals surface area contributed by atoms with Gasteiger partial charge in [-0.05, 0) is 48.0 Å². The zero-order valence-corrected chi connectivity index (χ0v) is 21.0. The number of carbonyl (C=O) groups is 2. The van der Waals surface area contributed by atoms with Gasteiger partial charge in [-0.3, -0.25) is 4.79 Å². The monoisotopic (exact) mass is 523 g/mol. The molecule has 1 heterocycles. The number of halogens is 1. The van der Waals surface area contributed by atoms with E-state index in [0.29, 0.717) is 33.2 Å². The van der Waals surface area contributed by atoms with Gasteiger partial charge in [0, 0.05) is 27.1 Å². The average molecular weight is 524 g/mol. The van der Waals surface area contributed by atoms with Crippen molar-refractivity contribution in [2.75, 3.05) is 7.11 Å². The van der Waals surface area contributed by atoms with Crippen molar-refractivity contribution in [1.29, 1.82) is 0 Å². The Kier molecular flexibility index (Phi) is 7.19. The molecular formula is C30H22ClN3O4. The molecule has 4 aromatic carbocycles. The fraction of sp³-hybridized carbons (Fsp3) is 0.0333. The molecule has 0 fully saturated rings. The Balaban J connectivity index is 1.36. The Labute approximate surface area is 223 Å².